The highest BCUT2D eigenvalue weighted by Gasteiger charge is 2.34. The normalized spacial score (nSPS) is 11.4. The number of hydrogen-bond acceptors (Lipinski definition) is 3. The summed E-state index contributed by atoms with van der Waals surface area (Å²) in [6.45, 7) is 2.50. The van der Waals surface area contributed by atoms with Crippen LogP contribution in [0.4, 0.5) is 13.2 Å². The van der Waals surface area contributed by atoms with Gasteiger partial charge in [-0.3, -0.25) is 10.1 Å². The van der Waals surface area contributed by atoms with Crippen LogP contribution in [0.1, 0.15) is 18.1 Å². The Morgan fingerprint density at radius 2 is 2.10 bits per heavy atom. The van der Waals surface area contributed by atoms with E-state index in [4.69, 9.17) is 15.9 Å². The summed E-state index contributed by atoms with van der Waals surface area (Å²) in [4.78, 5) is 0. The Morgan fingerprint density at radius 1 is 1.38 bits per heavy atom. The minimum atomic E-state index is -4.62. The molecule has 0 saturated carbocycles. The van der Waals surface area contributed by atoms with Gasteiger partial charge in [0.2, 0.25) is 0 Å². The molecular formula is C13H13F3N4O. The van der Waals surface area contributed by atoms with Crippen LogP contribution in [-0.4, -0.2) is 15.6 Å². The van der Waals surface area contributed by atoms with Crippen molar-refractivity contribution in [3.05, 3.63) is 41.7 Å². The topological polar surface area (TPSA) is 76.9 Å². The lowest BCUT2D eigenvalue weighted by Crippen LogP contribution is -2.18. The number of rotatable bonds is 4. The quantitative estimate of drug-likeness (QED) is 0.673. The Balaban J connectivity index is 2.35. The van der Waals surface area contributed by atoms with Crippen LogP contribution in [0, 0.1) is 5.41 Å². The van der Waals surface area contributed by atoms with E-state index in [9.17, 15) is 13.2 Å². The summed E-state index contributed by atoms with van der Waals surface area (Å²) in [5.41, 5.74) is 3.78. The third-order valence-electron chi connectivity index (χ3n) is 2.76. The number of aromatic nitrogens is 2. The molecule has 1 heterocycles. The van der Waals surface area contributed by atoms with Crippen molar-refractivity contribution in [2.45, 2.75) is 19.6 Å². The summed E-state index contributed by atoms with van der Waals surface area (Å²) >= 11 is 0. The second-order valence-corrected chi connectivity index (χ2v) is 4.25. The van der Waals surface area contributed by atoms with Gasteiger partial charge < -0.3 is 10.5 Å². The van der Waals surface area contributed by atoms with Crippen molar-refractivity contribution < 1.29 is 17.9 Å². The maximum absolute atomic E-state index is 13.0. The largest absolute Gasteiger partial charge is 0.454 e. The molecule has 0 aliphatic heterocycles. The Kier molecular flexibility index (Phi) is 3.88. The van der Waals surface area contributed by atoms with Gasteiger partial charge in [0.05, 0.1) is 18.0 Å². The summed E-state index contributed by atoms with van der Waals surface area (Å²) in [5, 5.41) is 11.2. The number of alkyl halides is 3. The van der Waals surface area contributed by atoms with Crippen molar-refractivity contribution in [3.8, 4) is 11.5 Å². The van der Waals surface area contributed by atoms with Crippen molar-refractivity contribution in [3.63, 3.8) is 0 Å². The van der Waals surface area contributed by atoms with Crippen LogP contribution < -0.4 is 10.5 Å². The predicted molar refractivity (Wildman–Crippen MR) is 70.4 cm³/mol. The number of halogens is 3. The van der Waals surface area contributed by atoms with Crippen molar-refractivity contribution in [2.75, 3.05) is 0 Å². The summed E-state index contributed by atoms with van der Waals surface area (Å²) in [5.74, 6) is -0.309. The number of nitrogens with two attached hydrogens (primary N) is 1. The van der Waals surface area contributed by atoms with E-state index in [2.05, 4.69) is 5.10 Å². The number of aryl methyl sites for hydroxylation is 1. The zero-order valence-electron chi connectivity index (χ0n) is 11.1. The molecule has 0 fully saturated rings. The Morgan fingerprint density at radius 3 is 2.62 bits per heavy atom. The van der Waals surface area contributed by atoms with Crippen LogP contribution in [-0.2, 0) is 12.7 Å². The third kappa shape index (κ3) is 3.33. The van der Waals surface area contributed by atoms with Crippen molar-refractivity contribution in [1.29, 1.82) is 5.41 Å². The fourth-order valence-corrected chi connectivity index (χ4v) is 1.76. The minimum Gasteiger partial charge on any atom is -0.454 e. The highest BCUT2D eigenvalue weighted by atomic mass is 19.4. The third-order valence-corrected chi connectivity index (χ3v) is 2.76. The van der Waals surface area contributed by atoms with Crippen LogP contribution in [0.5, 0.6) is 11.5 Å². The van der Waals surface area contributed by atoms with Gasteiger partial charge >= 0.3 is 6.18 Å². The Hall–Kier alpha value is -2.51. The van der Waals surface area contributed by atoms with E-state index in [1.807, 2.05) is 6.92 Å². The number of nitrogens with zero attached hydrogens (tertiary/aromatic N) is 2. The van der Waals surface area contributed by atoms with Gasteiger partial charge in [0.1, 0.15) is 11.6 Å². The number of nitrogen functional groups attached to an aromatic ring is 1. The molecule has 112 valence electrons. The maximum atomic E-state index is 13.0. The zero-order valence-corrected chi connectivity index (χ0v) is 11.1. The van der Waals surface area contributed by atoms with Gasteiger partial charge in [-0.1, -0.05) is 0 Å². The fraction of sp³-hybridized carbons (Fsp3) is 0.231. The summed E-state index contributed by atoms with van der Waals surface area (Å²) in [6, 6.07) is 3.26. The van der Waals surface area contributed by atoms with E-state index in [1.165, 1.54) is 12.3 Å². The Bertz CT molecular complexity index is 664. The molecule has 0 spiro atoms. The first-order valence-electron chi connectivity index (χ1n) is 6.07. The number of ether oxygens (including phenoxy) is 1. The van der Waals surface area contributed by atoms with Crippen LogP contribution in [0.2, 0.25) is 0 Å². The molecular weight excluding hydrogens is 285 g/mol. The molecule has 21 heavy (non-hydrogen) atoms. The Labute approximate surface area is 118 Å². The van der Waals surface area contributed by atoms with E-state index in [1.54, 1.807) is 10.9 Å². The minimum absolute atomic E-state index is 0.00276. The number of nitrogens with one attached hydrogen (secondary N) is 1. The smallest absolute Gasteiger partial charge is 0.417 e. The molecule has 0 bridgehead atoms. The fourth-order valence-electron chi connectivity index (χ4n) is 1.76. The first-order chi connectivity index (χ1) is 9.81. The van der Waals surface area contributed by atoms with Gasteiger partial charge in [-0.2, -0.15) is 18.3 Å². The van der Waals surface area contributed by atoms with Crippen molar-refractivity contribution >= 4 is 5.84 Å². The molecule has 0 aliphatic rings. The lowest BCUT2D eigenvalue weighted by atomic mass is 10.1. The zero-order chi connectivity index (χ0) is 15.6. The van der Waals surface area contributed by atoms with Crippen LogP contribution in [0.15, 0.2) is 30.6 Å². The van der Waals surface area contributed by atoms with Gasteiger partial charge in [0, 0.05) is 12.1 Å². The van der Waals surface area contributed by atoms with E-state index in [0.29, 0.717) is 12.3 Å². The molecule has 0 amide bonds. The molecule has 5 nitrogen and oxygen atoms in total. The van der Waals surface area contributed by atoms with Crippen LogP contribution in [0.3, 0.4) is 0 Å². The summed E-state index contributed by atoms with van der Waals surface area (Å²) in [7, 11) is 0. The molecule has 2 rings (SSSR count). The molecule has 0 aliphatic carbocycles. The lowest BCUT2D eigenvalue weighted by Gasteiger charge is -2.13. The standard InChI is InChI=1S/C13H13F3N4O/c1-2-20-7-9(6-19-20)21-8-3-4-10(12(17)18)11(5-8)13(14,15)16/h3-7H,2H2,1H3,(H3,17,18). The predicted octanol–water partition coefficient (Wildman–Crippen LogP) is 3.00. The molecule has 0 saturated heterocycles. The highest BCUT2D eigenvalue weighted by Crippen LogP contribution is 2.35. The average Bonchev–Trinajstić information content (AvgIpc) is 2.85. The summed E-state index contributed by atoms with van der Waals surface area (Å²) < 4.78 is 45.8. The molecule has 3 N–H and O–H groups in total. The first-order valence-corrected chi connectivity index (χ1v) is 6.07. The van der Waals surface area contributed by atoms with Gasteiger partial charge in [-0.15, -0.1) is 0 Å². The summed E-state index contributed by atoms with van der Waals surface area (Å²) in [6.07, 6.45) is -1.63. The second kappa shape index (κ2) is 5.47. The van der Waals surface area contributed by atoms with Gasteiger partial charge in [-0.05, 0) is 25.1 Å². The number of benzene rings is 1. The lowest BCUT2D eigenvalue weighted by molar-refractivity contribution is -0.137. The van der Waals surface area contributed by atoms with Crippen molar-refractivity contribution in [2.24, 2.45) is 5.73 Å². The maximum Gasteiger partial charge on any atom is 0.417 e. The van der Waals surface area contributed by atoms with E-state index < -0.39 is 17.6 Å². The average molecular weight is 298 g/mol. The molecule has 2 aromatic rings. The molecule has 0 radical (unpaired) electrons. The van der Waals surface area contributed by atoms with Crippen LogP contribution >= 0.6 is 0 Å². The van der Waals surface area contributed by atoms with Crippen molar-refractivity contribution in [1.82, 2.24) is 9.78 Å². The molecule has 8 heteroatoms. The number of hydrogen-bond donors (Lipinski definition) is 2. The molecule has 1 aromatic heterocycles. The van der Waals surface area contributed by atoms with E-state index in [-0.39, 0.29) is 11.3 Å². The van der Waals surface area contributed by atoms with Gasteiger partial charge in [0.25, 0.3) is 0 Å². The van der Waals surface area contributed by atoms with E-state index >= 15 is 0 Å². The second-order valence-electron chi connectivity index (χ2n) is 4.25. The molecule has 1 aromatic carbocycles. The molecule has 0 unspecified atom stereocenters. The monoisotopic (exact) mass is 298 g/mol. The van der Waals surface area contributed by atoms with Gasteiger partial charge in [0.15, 0.2) is 5.75 Å². The molecule has 0 atom stereocenters. The highest BCUT2D eigenvalue weighted by molar-refractivity contribution is 5.96. The van der Waals surface area contributed by atoms with Gasteiger partial charge in [-0.25, -0.2) is 0 Å². The SMILES string of the molecule is CCn1cc(Oc2ccc(C(=N)N)c(C(F)(F)F)c2)cn1. The number of amidine groups is 1. The van der Waals surface area contributed by atoms with Crippen LogP contribution in [0.25, 0.3) is 0 Å². The van der Waals surface area contributed by atoms with E-state index in [0.717, 1.165) is 12.1 Å². The first kappa shape index (κ1) is 14.9.